The summed E-state index contributed by atoms with van der Waals surface area (Å²) in [6.45, 7) is 0.477. The van der Waals surface area contributed by atoms with Crippen LogP contribution in [-0.2, 0) is 9.84 Å². The maximum Gasteiger partial charge on any atom is 0.148 e. The van der Waals surface area contributed by atoms with Gasteiger partial charge in [0.1, 0.15) is 9.84 Å². The highest BCUT2D eigenvalue weighted by Gasteiger charge is 2.27. The van der Waals surface area contributed by atoms with Crippen molar-refractivity contribution < 1.29 is 8.42 Å². The average Bonchev–Trinajstić information content (AvgIpc) is 2.55. The second-order valence-electron chi connectivity index (χ2n) is 4.61. The van der Waals surface area contributed by atoms with E-state index in [-0.39, 0.29) is 17.8 Å². The van der Waals surface area contributed by atoms with Crippen LogP contribution in [0.2, 0.25) is 0 Å². The summed E-state index contributed by atoms with van der Waals surface area (Å²) in [5, 5.41) is 3.27. The third-order valence-corrected chi connectivity index (χ3v) is 4.07. The van der Waals surface area contributed by atoms with Gasteiger partial charge < -0.3 is 11.1 Å². The Bertz CT molecular complexity index is 499. The van der Waals surface area contributed by atoms with E-state index in [0.717, 1.165) is 6.42 Å². The number of nitrogens with two attached hydrogens (primary N) is 1. The fraction of sp³-hybridized carbons (Fsp3) is 0.500. The summed E-state index contributed by atoms with van der Waals surface area (Å²) in [6.07, 6.45) is 2.09. The van der Waals surface area contributed by atoms with Gasteiger partial charge in [0.05, 0.1) is 5.75 Å². The highest BCUT2D eigenvalue weighted by Crippen LogP contribution is 2.36. The summed E-state index contributed by atoms with van der Waals surface area (Å²) in [7, 11) is -2.90. The topological polar surface area (TPSA) is 72.2 Å². The molecule has 0 aliphatic heterocycles. The van der Waals surface area contributed by atoms with Crippen LogP contribution in [0.25, 0.3) is 0 Å². The standard InChI is InChI=1S/C12H18N2O2S/c1-17(15,16)7-6-14-12-8-11(13)9-4-2-3-5-10(9)12/h2-5,11-12,14H,6-8,13H2,1H3. The Labute approximate surface area is 102 Å². The molecule has 0 radical (unpaired) electrons. The fourth-order valence-electron chi connectivity index (χ4n) is 2.29. The van der Waals surface area contributed by atoms with Gasteiger partial charge in [-0.1, -0.05) is 24.3 Å². The zero-order valence-electron chi connectivity index (χ0n) is 9.89. The van der Waals surface area contributed by atoms with Crippen molar-refractivity contribution in [2.45, 2.75) is 18.5 Å². The molecule has 0 amide bonds. The average molecular weight is 254 g/mol. The minimum absolute atomic E-state index is 0.0573. The van der Waals surface area contributed by atoms with Crippen molar-refractivity contribution in [2.24, 2.45) is 5.73 Å². The smallest absolute Gasteiger partial charge is 0.148 e. The summed E-state index contributed by atoms with van der Waals surface area (Å²) in [5.41, 5.74) is 8.41. The minimum atomic E-state index is -2.90. The molecular weight excluding hydrogens is 236 g/mol. The van der Waals surface area contributed by atoms with Crippen LogP contribution in [0.4, 0.5) is 0 Å². The first kappa shape index (κ1) is 12.5. The number of hydrogen-bond acceptors (Lipinski definition) is 4. The van der Waals surface area contributed by atoms with E-state index in [2.05, 4.69) is 11.4 Å². The molecule has 1 aliphatic rings. The number of hydrogen-bond donors (Lipinski definition) is 2. The molecule has 1 aliphatic carbocycles. The predicted molar refractivity (Wildman–Crippen MR) is 68.4 cm³/mol. The van der Waals surface area contributed by atoms with Crippen LogP contribution in [0.5, 0.6) is 0 Å². The van der Waals surface area contributed by atoms with Crippen LogP contribution < -0.4 is 11.1 Å². The molecule has 94 valence electrons. The van der Waals surface area contributed by atoms with Crippen LogP contribution in [0.15, 0.2) is 24.3 Å². The van der Waals surface area contributed by atoms with E-state index in [1.807, 2.05) is 18.2 Å². The quantitative estimate of drug-likeness (QED) is 0.832. The third-order valence-electron chi connectivity index (χ3n) is 3.12. The summed E-state index contributed by atoms with van der Waals surface area (Å²) >= 11 is 0. The van der Waals surface area contributed by atoms with Crippen LogP contribution in [0, 0.1) is 0 Å². The molecule has 0 saturated heterocycles. The number of sulfone groups is 1. The minimum Gasteiger partial charge on any atom is -0.324 e. The molecule has 1 aromatic rings. The molecule has 5 heteroatoms. The summed E-state index contributed by atoms with van der Waals surface area (Å²) in [5.74, 6) is 0.168. The van der Waals surface area contributed by atoms with Gasteiger partial charge in [0.15, 0.2) is 0 Å². The molecule has 0 bridgehead atoms. The van der Waals surface area contributed by atoms with E-state index < -0.39 is 9.84 Å². The Morgan fingerprint density at radius 3 is 2.65 bits per heavy atom. The Balaban J connectivity index is 2.01. The van der Waals surface area contributed by atoms with Crippen LogP contribution in [0.3, 0.4) is 0 Å². The molecule has 3 N–H and O–H groups in total. The Morgan fingerprint density at radius 1 is 1.35 bits per heavy atom. The Hall–Kier alpha value is -0.910. The molecular formula is C12H18N2O2S. The summed E-state index contributed by atoms with van der Waals surface area (Å²) in [6, 6.07) is 8.31. The van der Waals surface area contributed by atoms with Gasteiger partial charge >= 0.3 is 0 Å². The highest BCUT2D eigenvalue weighted by atomic mass is 32.2. The van der Waals surface area contributed by atoms with Crippen molar-refractivity contribution in [3.05, 3.63) is 35.4 Å². The Kier molecular flexibility index (Phi) is 3.51. The van der Waals surface area contributed by atoms with E-state index in [1.165, 1.54) is 17.4 Å². The SMILES string of the molecule is CS(=O)(=O)CCNC1CC(N)c2ccccc21. The largest absolute Gasteiger partial charge is 0.324 e. The summed E-state index contributed by atoms with van der Waals surface area (Å²) in [4.78, 5) is 0. The van der Waals surface area contributed by atoms with E-state index in [0.29, 0.717) is 6.54 Å². The van der Waals surface area contributed by atoms with Crippen molar-refractivity contribution in [3.63, 3.8) is 0 Å². The number of fused-ring (bicyclic) bond motifs is 1. The van der Waals surface area contributed by atoms with E-state index in [1.54, 1.807) is 0 Å². The molecule has 0 spiro atoms. The number of benzene rings is 1. The third kappa shape index (κ3) is 3.06. The van der Waals surface area contributed by atoms with Gasteiger partial charge in [-0.2, -0.15) is 0 Å². The lowest BCUT2D eigenvalue weighted by molar-refractivity contribution is 0.511. The van der Waals surface area contributed by atoms with Crippen LogP contribution >= 0.6 is 0 Å². The first-order chi connectivity index (χ1) is 7.97. The molecule has 17 heavy (non-hydrogen) atoms. The molecule has 0 saturated carbocycles. The summed E-state index contributed by atoms with van der Waals surface area (Å²) < 4.78 is 22.1. The molecule has 0 fully saturated rings. The van der Waals surface area contributed by atoms with Crippen molar-refractivity contribution in [1.82, 2.24) is 5.32 Å². The van der Waals surface area contributed by atoms with E-state index in [9.17, 15) is 8.42 Å². The normalized spacial score (nSPS) is 23.6. The molecule has 1 aromatic carbocycles. The molecule has 4 nitrogen and oxygen atoms in total. The Morgan fingerprint density at radius 2 is 2.00 bits per heavy atom. The predicted octanol–water partition coefficient (Wildman–Crippen LogP) is 0.765. The number of rotatable bonds is 4. The molecule has 2 atom stereocenters. The lowest BCUT2D eigenvalue weighted by Crippen LogP contribution is -2.26. The van der Waals surface area contributed by atoms with Crippen molar-refractivity contribution in [2.75, 3.05) is 18.6 Å². The fourth-order valence-corrected chi connectivity index (χ4v) is 2.77. The maximum absolute atomic E-state index is 11.1. The van der Waals surface area contributed by atoms with E-state index >= 15 is 0 Å². The van der Waals surface area contributed by atoms with Gasteiger partial charge in [-0.05, 0) is 17.5 Å². The lowest BCUT2D eigenvalue weighted by Gasteiger charge is -2.13. The lowest BCUT2D eigenvalue weighted by atomic mass is 10.1. The zero-order valence-corrected chi connectivity index (χ0v) is 10.7. The van der Waals surface area contributed by atoms with Gasteiger partial charge in [-0.15, -0.1) is 0 Å². The van der Waals surface area contributed by atoms with Gasteiger partial charge in [0.2, 0.25) is 0 Å². The zero-order chi connectivity index (χ0) is 12.5. The monoisotopic (exact) mass is 254 g/mol. The molecule has 2 unspecified atom stereocenters. The second-order valence-corrected chi connectivity index (χ2v) is 6.87. The number of nitrogens with one attached hydrogen (secondary N) is 1. The van der Waals surface area contributed by atoms with E-state index in [4.69, 9.17) is 5.73 Å². The highest BCUT2D eigenvalue weighted by molar-refractivity contribution is 7.90. The van der Waals surface area contributed by atoms with Gasteiger partial charge in [0.25, 0.3) is 0 Å². The van der Waals surface area contributed by atoms with Crippen molar-refractivity contribution >= 4 is 9.84 Å². The molecule has 2 rings (SSSR count). The van der Waals surface area contributed by atoms with Crippen molar-refractivity contribution in [1.29, 1.82) is 0 Å². The molecule has 0 heterocycles. The van der Waals surface area contributed by atoms with Gasteiger partial charge in [-0.25, -0.2) is 8.42 Å². The first-order valence-corrected chi connectivity index (χ1v) is 7.79. The van der Waals surface area contributed by atoms with Crippen molar-refractivity contribution in [3.8, 4) is 0 Å². The van der Waals surface area contributed by atoms with Gasteiger partial charge in [-0.3, -0.25) is 0 Å². The van der Waals surface area contributed by atoms with Gasteiger partial charge in [0, 0.05) is 24.9 Å². The van der Waals surface area contributed by atoms with Crippen LogP contribution in [-0.4, -0.2) is 27.0 Å². The molecule has 0 aromatic heterocycles. The second kappa shape index (κ2) is 4.76. The first-order valence-electron chi connectivity index (χ1n) is 5.73. The van der Waals surface area contributed by atoms with Crippen LogP contribution in [0.1, 0.15) is 29.6 Å². The maximum atomic E-state index is 11.1.